The third-order valence-electron chi connectivity index (χ3n) is 4.49. The Bertz CT molecular complexity index is 1010. The van der Waals surface area contributed by atoms with Crippen molar-refractivity contribution in [3.8, 4) is 0 Å². The molecule has 2 aromatic carbocycles. The summed E-state index contributed by atoms with van der Waals surface area (Å²) >= 11 is 0. The van der Waals surface area contributed by atoms with Crippen LogP contribution in [0, 0.1) is 0 Å². The van der Waals surface area contributed by atoms with Gasteiger partial charge in [-0.3, -0.25) is 9.59 Å². The van der Waals surface area contributed by atoms with Gasteiger partial charge in [0, 0.05) is 36.7 Å². The van der Waals surface area contributed by atoms with Crippen molar-refractivity contribution < 1.29 is 18.0 Å². The first-order valence-corrected chi connectivity index (χ1v) is 10.8. The van der Waals surface area contributed by atoms with Gasteiger partial charge in [0.15, 0.2) is 9.84 Å². The number of nitrogens with one attached hydrogen (secondary N) is 1. The Balaban J connectivity index is 1.62. The van der Waals surface area contributed by atoms with Gasteiger partial charge in [0.25, 0.3) is 11.8 Å². The number of anilines is 1. The van der Waals surface area contributed by atoms with Crippen LogP contribution in [0.25, 0.3) is 6.08 Å². The highest BCUT2D eigenvalue weighted by Gasteiger charge is 2.23. The smallest absolute Gasteiger partial charge is 0.251 e. The molecule has 1 N–H and O–H groups in total. The van der Waals surface area contributed by atoms with Crippen molar-refractivity contribution in [2.75, 3.05) is 18.2 Å². The molecule has 28 heavy (non-hydrogen) atoms. The zero-order chi connectivity index (χ0) is 20.3. The number of nitrogens with zero attached hydrogens (tertiary/aromatic N) is 1. The zero-order valence-corrected chi connectivity index (χ0v) is 16.6. The van der Waals surface area contributed by atoms with Crippen molar-refractivity contribution in [3.63, 3.8) is 0 Å². The van der Waals surface area contributed by atoms with Gasteiger partial charge < -0.3 is 10.2 Å². The molecule has 0 bridgehead atoms. The molecule has 0 aliphatic heterocycles. The van der Waals surface area contributed by atoms with Crippen molar-refractivity contribution in [3.05, 3.63) is 65.7 Å². The number of likely N-dealkylation sites (N-methyl/N-ethyl adjacent to an activating group) is 1. The average Bonchev–Trinajstić information content (AvgIpc) is 3.49. The second-order valence-electron chi connectivity index (χ2n) is 6.87. The summed E-state index contributed by atoms with van der Waals surface area (Å²) in [7, 11) is -1.65. The molecule has 0 aromatic heterocycles. The third kappa shape index (κ3) is 5.07. The van der Waals surface area contributed by atoms with E-state index in [1.54, 1.807) is 49.5 Å². The van der Waals surface area contributed by atoms with Gasteiger partial charge in [-0.15, -0.1) is 0 Å². The van der Waals surface area contributed by atoms with E-state index in [1.807, 2.05) is 0 Å². The fraction of sp³-hybridized carbons (Fsp3) is 0.238. The Hall–Kier alpha value is -2.93. The number of carbonyl (C=O) groups excluding carboxylic acids is 2. The van der Waals surface area contributed by atoms with Crippen molar-refractivity contribution in [1.29, 1.82) is 0 Å². The topological polar surface area (TPSA) is 83.6 Å². The molecule has 146 valence electrons. The van der Waals surface area contributed by atoms with Gasteiger partial charge in [0.05, 0.1) is 4.90 Å². The predicted molar refractivity (Wildman–Crippen MR) is 109 cm³/mol. The van der Waals surface area contributed by atoms with Crippen LogP contribution in [0.5, 0.6) is 0 Å². The number of hydrogen-bond acceptors (Lipinski definition) is 4. The first-order chi connectivity index (χ1) is 13.2. The van der Waals surface area contributed by atoms with Crippen LogP contribution in [0.2, 0.25) is 0 Å². The molecule has 0 atom stereocenters. The predicted octanol–water partition coefficient (Wildman–Crippen LogP) is 2.66. The maximum absolute atomic E-state index is 12.4. The van der Waals surface area contributed by atoms with E-state index in [0.717, 1.165) is 24.7 Å². The summed E-state index contributed by atoms with van der Waals surface area (Å²) in [5.74, 6) is -0.325. The Morgan fingerprint density at radius 1 is 1.04 bits per heavy atom. The van der Waals surface area contributed by atoms with Crippen LogP contribution in [-0.2, 0) is 14.6 Å². The second-order valence-corrected chi connectivity index (χ2v) is 8.88. The zero-order valence-electron chi connectivity index (χ0n) is 15.8. The Labute approximate surface area is 164 Å². The summed E-state index contributed by atoms with van der Waals surface area (Å²) < 4.78 is 23.0. The minimum atomic E-state index is -3.27. The maximum atomic E-state index is 12.4. The first kappa shape index (κ1) is 19.8. The van der Waals surface area contributed by atoms with E-state index in [1.165, 1.54) is 23.1 Å². The van der Waals surface area contributed by atoms with E-state index in [0.29, 0.717) is 17.3 Å². The Morgan fingerprint density at radius 3 is 2.18 bits per heavy atom. The molecule has 3 rings (SSSR count). The molecular formula is C21H22N2O4S. The lowest BCUT2D eigenvalue weighted by molar-refractivity contribution is -0.113. The molecule has 0 heterocycles. The van der Waals surface area contributed by atoms with Gasteiger partial charge in [0.2, 0.25) is 0 Å². The Kier molecular flexibility index (Phi) is 5.65. The van der Waals surface area contributed by atoms with Gasteiger partial charge in [-0.25, -0.2) is 8.42 Å². The fourth-order valence-electron chi connectivity index (χ4n) is 2.57. The lowest BCUT2D eigenvalue weighted by atomic mass is 10.1. The monoisotopic (exact) mass is 398 g/mol. The van der Waals surface area contributed by atoms with Crippen molar-refractivity contribution in [2.24, 2.45) is 0 Å². The molecular weight excluding hydrogens is 376 g/mol. The lowest BCUT2D eigenvalue weighted by Crippen LogP contribution is -2.25. The minimum absolute atomic E-state index is 0.0774. The van der Waals surface area contributed by atoms with Gasteiger partial charge in [-0.2, -0.15) is 0 Å². The number of amides is 2. The highest BCUT2D eigenvalue weighted by atomic mass is 32.2. The summed E-state index contributed by atoms with van der Waals surface area (Å²) in [5, 5.41) is 2.93. The minimum Gasteiger partial charge on any atom is -0.349 e. The van der Waals surface area contributed by atoms with Crippen LogP contribution < -0.4 is 10.2 Å². The maximum Gasteiger partial charge on any atom is 0.251 e. The molecule has 0 saturated heterocycles. The number of hydrogen-bond donors (Lipinski definition) is 1. The van der Waals surface area contributed by atoms with E-state index in [9.17, 15) is 18.0 Å². The van der Waals surface area contributed by atoms with Crippen LogP contribution in [0.4, 0.5) is 5.69 Å². The third-order valence-corrected chi connectivity index (χ3v) is 5.62. The molecule has 1 saturated carbocycles. The van der Waals surface area contributed by atoms with Crippen molar-refractivity contribution in [2.45, 2.75) is 23.8 Å². The average molecular weight is 398 g/mol. The van der Waals surface area contributed by atoms with Gasteiger partial charge >= 0.3 is 0 Å². The van der Waals surface area contributed by atoms with Crippen LogP contribution in [0.3, 0.4) is 0 Å². The molecule has 0 spiro atoms. The molecule has 1 aliphatic carbocycles. The van der Waals surface area contributed by atoms with Crippen LogP contribution in [0.15, 0.2) is 59.5 Å². The second kappa shape index (κ2) is 7.98. The summed E-state index contributed by atoms with van der Waals surface area (Å²) in [6.07, 6.45) is 6.33. The van der Waals surface area contributed by atoms with Crippen molar-refractivity contribution in [1.82, 2.24) is 5.32 Å². The molecule has 0 unspecified atom stereocenters. The molecule has 7 heteroatoms. The van der Waals surface area contributed by atoms with E-state index in [-0.39, 0.29) is 16.7 Å². The van der Waals surface area contributed by atoms with E-state index in [4.69, 9.17) is 0 Å². The fourth-order valence-corrected chi connectivity index (χ4v) is 3.20. The number of sulfone groups is 1. The van der Waals surface area contributed by atoms with Crippen molar-refractivity contribution >= 4 is 33.4 Å². The van der Waals surface area contributed by atoms with Gasteiger partial charge in [-0.1, -0.05) is 12.1 Å². The normalized spacial score (nSPS) is 14.1. The molecule has 6 nitrogen and oxygen atoms in total. The molecule has 2 amide bonds. The molecule has 2 aromatic rings. The summed E-state index contributed by atoms with van der Waals surface area (Å²) in [5.41, 5.74) is 1.99. The summed E-state index contributed by atoms with van der Waals surface area (Å²) in [6.45, 7) is 0. The SMILES string of the molecule is CN(C(=O)/C=C/c1ccc(C(=O)NC2CC2)cc1)c1ccc(S(C)(=O)=O)cc1. The first-order valence-electron chi connectivity index (χ1n) is 8.91. The number of benzene rings is 2. The highest BCUT2D eigenvalue weighted by molar-refractivity contribution is 7.90. The van der Waals surface area contributed by atoms with Gasteiger partial charge in [-0.05, 0) is 60.9 Å². The van der Waals surface area contributed by atoms with Crippen LogP contribution >= 0.6 is 0 Å². The number of rotatable bonds is 6. The van der Waals surface area contributed by atoms with E-state index < -0.39 is 9.84 Å². The van der Waals surface area contributed by atoms with E-state index >= 15 is 0 Å². The molecule has 0 radical (unpaired) electrons. The highest BCUT2D eigenvalue weighted by Crippen LogP contribution is 2.20. The quantitative estimate of drug-likeness (QED) is 0.759. The van der Waals surface area contributed by atoms with E-state index in [2.05, 4.69) is 5.32 Å². The molecule has 1 aliphatic rings. The lowest BCUT2D eigenvalue weighted by Gasteiger charge is -2.15. The molecule has 1 fully saturated rings. The summed E-state index contributed by atoms with van der Waals surface area (Å²) in [6, 6.07) is 13.5. The Morgan fingerprint density at radius 2 is 1.64 bits per heavy atom. The largest absolute Gasteiger partial charge is 0.349 e. The van der Waals surface area contributed by atoms with Crippen LogP contribution in [-0.4, -0.2) is 39.6 Å². The van der Waals surface area contributed by atoms with Gasteiger partial charge in [0.1, 0.15) is 0 Å². The van der Waals surface area contributed by atoms with Crippen LogP contribution in [0.1, 0.15) is 28.8 Å². The standard InChI is InChI=1S/C21H22N2O4S/c1-23(18-10-12-19(13-11-18)28(2,26)27)20(24)14-5-15-3-6-16(7-4-15)21(25)22-17-8-9-17/h3-7,10-14,17H,8-9H2,1-2H3,(H,22,25)/b14-5+. The number of carbonyl (C=O) groups is 2. The summed E-state index contributed by atoms with van der Waals surface area (Å²) in [4.78, 5) is 26.0.